The zero-order valence-electron chi connectivity index (χ0n) is 17.6. The molecule has 2 aromatic rings. The standard InChI is InChI=1S/C23H27ClN4O3/c1-30-12-4-9-26-22(29)14-17-15-28(11-10-25-17)23-18-5-2-3-6-20(18)31-21-8-7-16(24)13-19(21)27-23/h2-3,5-8,13,17,25H,4,9-12,14-15H2,1H3,(H,26,29). The number of benzene rings is 2. The Kier molecular flexibility index (Phi) is 7.06. The topological polar surface area (TPSA) is 75.2 Å². The van der Waals surface area contributed by atoms with Crippen molar-refractivity contribution in [1.29, 1.82) is 0 Å². The second-order valence-corrected chi connectivity index (χ2v) is 8.08. The molecule has 0 spiro atoms. The van der Waals surface area contributed by atoms with Gasteiger partial charge in [-0.2, -0.15) is 0 Å². The van der Waals surface area contributed by atoms with Crippen LogP contribution in [0.5, 0.6) is 11.5 Å². The van der Waals surface area contributed by atoms with E-state index in [9.17, 15) is 4.79 Å². The molecule has 1 saturated heterocycles. The molecule has 2 aliphatic rings. The molecular weight excluding hydrogens is 416 g/mol. The predicted octanol–water partition coefficient (Wildman–Crippen LogP) is 3.34. The maximum atomic E-state index is 12.3. The highest BCUT2D eigenvalue weighted by atomic mass is 35.5. The predicted molar refractivity (Wildman–Crippen MR) is 122 cm³/mol. The Morgan fingerprint density at radius 1 is 1.32 bits per heavy atom. The number of amidine groups is 1. The number of methoxy groups -OCH3 is 1. The first-order valence-electron chi connectivity index (χ1n) is 10.5. The normalized spacial score (nSPS) is 17.7. The number of halogens is 1. The molecule has 1 unspecified atom stereocenters. The molecule has 1 amide bonds. The molecule has 7 nitrogen and oxygen atoms in total. The number of para-hydroxylation sites is 1. The number of rotatable bonds is 6. The van der Waals surface area contributed by atoms with E-state index in [-0.39, 0.29) is 11.9 Å². The first kappa shape index (κ1) is 21.6. The fourth-order valence-electron chi connectivity index (χ4n) is 3.83. The lowest BCUT2D eigenvalue weighted by Crippen LogP contribution is -2.54. The molecule has 8 heteroatoms. The molecule has 0 aliphatic carbocycles. The summed E-state index contributed by atoms with van der Waals surface area (Å²) in [6.07, 6.45) is 1.22. The number of amides is 1. The van der Waals surface area contributed by atoms with Crippen LogP contribution < -0.4 is 15.4 Å². The minimum atomic E-state index is 0.0361. The minimum Gasteiger partial charge on any atom is -0.454 e. The zero-order chi connectivity index (χ0) is 21.6. The summed E-state index contributed by atoms with van der Waals surface area (Å²) in [6, 6.07) is 13.4. The smallest absolute Gasteiger partial charge is 0.221 e. The van der Waals surface area contributed by atoms with Gasteiger partial charge >= 0.3 is 0 Å². The molecule has 1 fully saturated rings. The quantitative estimate of drug-likeness (QED) is 0.671. The third kappa shape index (κ3) is 5.36. The van der Waals surface area contributed by atoms with Crippen LogP contribution in [0.2, 0.25) is 5.02 Å². The van der Waals surface area contributed by atoms with Crippen molar-refractivity contribution in [3.8, 4) is 11.5 Å². The number of nitrogens with one attached hydrogen (secondary N) is 2. The third-order valence-electron chi connectivity index (χ3n) is 5.33. The molecule has 0 saturated carbocycles. The van der Waals surface area contributed by atoms with Crippen LogP contribution in [0.25, 0.3) is 0 Å². The molecule has 0 radical (unpaired) electrons. The van der Waals surface area contributed by atoms with Gasteiger partial charge in [-0.1, -0.05) is 23.7 Å². The monoisotopic (exact) mass is 442 g/mol. The van der Waals surface area contributed by atoms with Gasteiger partial charge in [0.25, 0.3) is 0 Å². The second kappa shape index (κ2) is 10.1. The lowest BCUT2D eigenvalue weighted by Gasteiger charge is -2.35. The highest BCUT2D eigenvalue weighted by Crippen LogP contribution is 2.39. The summed E-state index contributed by atoms with van der Waals surface area (Å²) in [4.78, 5) is 19.5. The Hall–Kier alpha value is -2.61. The molecule has 2 aromatic carbocycles. The molecule has 0 aromatic heterocycles. The first-order valence-corrected chi connectivity index (χ1v) is 10.9. The lowest BCUT2D eigenvalue weighted by molar-refractivity contribution is -0.121. The van der Waals surface area contributed by atoms with Crippen molar-refractivity contribution in [3.05, 3.63) is 53.1 Å². The number of piperazine rings is 1. The van der Waals surface area contributed by atoms with E-state index < -0.39 is 0 Å². The van der Waals surface area contributed by atoms with Crippen LogP contribution in [-0.4, -0.2) is 62.6 Å². The lowest BCUT2D eigenvalue weighted by atomic mass is 10.1. The van der Waals surface area contributed by atoms with Gasteiger partial charge in [0.1, 0.15) is 17.3 Å². The third-order valence-corrected chi connectivity index (χ3v) is 5.56. The van der Waals surface area contributed by atoms with Crippen molar-refractivity contribution in [2.75, 3.05) is 39.9 Å². The fraction of sp³-hybridized carbons (Fsp3) is 0.391. The SMILES string of the molecule is COCCCNC(=O)CC1CN(C2=Nc3cc(Cl)ccc3Oc3ccccc32)CCN1. The summed E-state index contributed by atoms with van der Waals surface area (Å²) in [6.45, 7) is 3.50. The van der Waals surface area contributed by atoms with Crippen LogP contribution in [0.1, 0.15) is 18.4 Å². The fourth-order valence-corrected chi connectivity index (χ4v) is 4.00. The molecule has 1 atom stereocenters. The Bertz CT molecular complexity index is 966. The number of carbonyl (C=O) groups is 1. The molecule has 2 N–H and O–H groups in total. The number of hydrogen-bond donors (Lipinski definition) is 2. The minimum absolute atomic E-state index is 0.0361. The molecular formula is C23H27ClN4O3. The largest absolute Gasteiger partial charge is 0.454 e. The molecule has 4 rings (SSSR count). The van der Waals surface area contributed by atoms with Crippen molar-refractivity contribution >= 4 is 29.0 Å². The van der Waals surface area contributed by atoms with Gasteiger partial charge in [-0.3, -0.25) is 4.79 Å². The number of aliphatic imine (C=N–C) groups is 1. The Labute approximate surface area is 187 Å². The maximum Gasteiger partial charge on any atom is 0.221 e. The summed E-state index contributed by atoms with van der Waals surface area (Å²) < 4.78 is 11.2. The van der Waals surface area contributed by atoms with Crippen LogP contribution >= 0.6 is 11.6 Å². The van der Waals surface area contributed by atoms with Gasteiger partial charge in [0.05, 0.1) is 5.56 Å². The zero-order valence-corrected chi connectivity index (χ0v) is 18.3. The molecule has 31 heavy (non-hydrogen) atoms. The molecule has 0 bridgehead atoms. The van der Waals surface area contributed by atoms with E-state index in [1.54, 1.807) is 13.2 Å². The highest BCUT2D eigenvalue weighted by molar-refractivity contribution is 6.31. The van der Waals surface area contributed by atoms with Crippen molar-refractivity contribution in [2.24, 2.45) is 4.99 Å². The summed E-state index contributed by atoms with van der Waals surface area (Å²) >= 11 is 6.22. The Morgan fingerprint density at radius 3 is 3.06 bits per heavy atom. The van der Waals surface area contributed by atoms with Crippen LogP contribution in [0, 0.1) is 0 Å². The van der Waals surface area contributed by atoms with E-state index in [0.29, 0.717) is 42.6 Å². The number of hydrogen-bond acceptors (Lipinski definition) is 6. The highest BCUT2D eigenvalue weighted by Gasteiger charge is 2.28. The van der Waals surface area contributed by atoms with Gasteiger partial charge in [-0.15, -0.1) is 0 Å². The second-order valence-electron chi connectivity index (χ2n) is 7.64. The van der Waals surface area contributed by atoms with E-state index >= 15 is 0 Å². The maximum absolute atomic E-state index is 12.3. The molecule has 2 heterocycles. The summed E-state index contributed by atoms with van der Waals surface area (Å²) in [5, 5.41) is 7.03. The number of ether oxygens (including phenoxy) is 2. The first-order chi connectivity index (χ1) is 15.1. The summed E-state index contributed by atoms with van der Waals surface area (Å²) in [5.41, 5.74) is 1.63. The van der Waals surface area contributed by atoms with Gasteiger partial charge in [-0.05, 0) is 36.8 Å². The van der Waals surface area contributed by atoms with E-state index in [0.717, 1.165) is 36.7 Å². The number of nitrogens with zero attached hydrogens (tertiary/aromatic N) is 2. The van der Waals surface area contributed by atoms with Gasteiger partial charge in [0.15, 0.2) is 5.75 Å². The van der Waals surface area contributed by atoms with Crippen molar-refractivity contribution < 1.29 is 14.3 Å². The van der Waals surface area contributed by atoms with Gasteiger partial charge in [-0.25, -0.2) is 4.99 Å². The molecule has 2 aliphatic heterocycles. The van der Waals surface area contributed by atoms with E-state index in [1.807, 2.05) is 36.4 Å². The average molecular weight is 443 g/mol. The van der Waals surface area contributed by atoms with Gasteiger partial charge in [0.2, 0.25) is 5.91 Å². The van der Waals surface area contributed by atoms with E-state index in [1.165, 1.54) is 0 Å². The van der Waals surface area contributed by atoms with Crippen LogP contribution in [0.15, 0.2) is 47.5 Å². The summed E-state index contributed by atoms with van der Waals surface area (Å²) in [5.74, 6) is 2.31. The number of fused-ring (bicyclic) bond motifs is 2. The Balaban J connectivity index is 1.52. The van der Waals surface area contributed by atoms with Crippen LogP contribution in [-0.2, 0) is 9.53 Å². The van der Waals surface area contributed by atoms with Crippen molar-refractivity contribution in [2.45, 2.75) is 18.9 Å². The van der Waals surface area contributed by atoms with Gasteiger partial charge in [0, 0.05) is 57.4 Å². The van der Waals surface area contributed by atoms with Crippen LogP contribution in [0.3, 0.4) is 0 Å². The van der Waals surface area contributed by atoms with Gasteiger partial charge < -0.3 is 25.0 Å². The van der Waals surface area contributed by atoms with Crippen LogP contribution in [0.4, 0.5) is 5.69 Å². The van der Waals surface area contributed by atoms with Crippen molar-refractivity contribution in [3.63, 3.8) is 0 Å². The van der Waals surface area contributed by atoms with E-state index in [2.05, 4.69) is 15.5 Å². The average Bonchev–Trinajstić information content (AvgIpc) is 2.93. The van der Waals surface area contributed by atoms with E-state index in [4.69, 9.17) is 26.1 Å². The van der Waals surface area contributed by atoms with Crippen molar-refractivity contribution in [1.82, 2.24) is 15.5 Å². The molecule has 164 valence electrons. The number of carbonyl (C=O) groups excluding carboxylic acids is 1. The Morgan fingerprint density at radius 2 is 2.19 bits per heavy atom. The summed E-state index contributed by atoms with van der Waals surface area (Å²) in [7, 11) is 1.66.